The molecule has 0 radical (unpaired) electrons. The van der Waals surface area contributed by atoms with Gasteiger partial charge in [-0.3, -0.25) is 9.10 Å². The summed E-state index contributed by atoms with van der Waals surface area (Å²) in [7, 11) is -3.19. The first-order valence-electron chi connectivity index (χ1n) is 9.46. The van der Waals surface area contributed by atoms with Crippen LogP contribution in [0.15, 0.2) is 54.6 Å². The number of hydrogen-bond acceptors (Lipinski definition) is 5. The number of benzene rings is 2. The van der Waals surface area contributed by atoms with E-state index in [0.29, 0.717) is 43.3 Å². The summed E-state index contributed by atoms with van der Waals surface area (Å²) in [6.07, 6.45) is 3.53. The lowest BCUT2D eigenvalue weighted by atomic mass is 10.2. The number of nitrogens with zero attached hydrogens (tertiary/aromatic N) is 1. The molecule has 2 aromatic rings. The topological polar surface area (TPSA) is 84.9 Å². The molecule has 7 nitrogen and oxygen atoms in total. The Morgan fingerprint density at radius 2 is 1.90 bits per heavy atom. The number of fused-ring (bicyclic) bond motifs is 1. The van der Waals surface area contributed by atoms with Gasteiger partial charge in [-0.05, 0) is 42.3 Å². The molecule has 0 aliphatic carbocycles. The molecule has 0 aromatic heterocycles. The third kappa shape index (κ3) is 4.54. The minimum absolute atomic E-state index is 0.191. The number of sulfonamides is 1. The predicted octanol–water partition coefficient (Wildman–Crippen LogP) is 2.20. The van der Waals surface area contributed by atoms with Crippen LogP contribution >= 0.6 is 0 Å². The van der Waals surface area contributed by atoms with Crippen molar-refractivity contribution >= 4 is 27.7 Å². The first kappa shape index (κ1) is 19.3. The Kier molecular flexibility index (Phi) is 5.44. The second-order valence-electron chi connectivity index (χ2n) is 6.91. The zero-order chi connectivity index (χ0) is 20.3. The van der Waals surface area contributed by atoms with Crippen molar-refractivity contribution in [3.63, 3.8) is 0 Å². The highest BCUT2D eigenvalue weighted by molar-refractivity contribution is 7.93. The van der Waals surface area contributed by atoms with Crippen LogP contribution in [-0.4, -0.2) is 45.9 Å². The first-order valence-corrected chi connectivity index (χ1v) is 11.1. The van der Waals surface area contributed by atoms with Crippen molar-refractivity contribution in [2.24, 2.45) is 0 Å². The van der Waals surface area contributed by atoms with Gasteiger partial charge in [0, 0.05) is 12.6 Å². The molecular formula is C21H22N2O5S. The molecule has 1 fully saturated rings. The molecule has 1 amide bonds. The van der Waals surface area contributed by atoms with Crippen LogP contribution in [-0.2, 0) is 14.8 Å². The van der Waals surface area contributed by atoms with E-state index in [1.165, 1.54) is 10.4 Å². The van der Waals surface area contributed by atoms with E-state index >= 15 is 0 Å². The average molecular weight is 414 g/mol. The summed E-state index contributed by atoms with van der Waals surface area (Å²) >= 11 is 0. The lowest BCUT2D eigenvalue weighted by Gasteiger charge is -2.26. The van der Waals surface area contributed by atoms with Crippen molar-refractivity contribution in [1.29, 1.82) is 0 Å². The molecular weight excluding hydrogens is 392 g/mol. The molecule has 1 N–H and O–H groups in total. The van der Waals surface area contributed by atoms with Gasteiger partial charge in [-0.1, -0.05) is 24.3 Å². The van der Waals surface area contributed by atoms with Crippen LogP contribution in [0.4, 0.5) is 5.69 Å². The number of hydrogen-bond donors (Lipinski definition) is 1. The van der Waals surface area contributed by atoms with E-state index in [9.17, 15) is 13.2 Å². The monoisotopic (exact) mass is 414 g/mol. The number of rotatable bonds is 5. The van der Waals surface area contributed by atoms with Crippen molar-refractivity contribution in [1.82, 2.24) is 5.32 Å². The largest absolute Gasteiger partial charge is 0.486 e. The maximum Gasteiger partial charge on any atom is 0.244 e. The molecule has 2 aliphatic rings. The van der Waals surface area contributed by atoms with Gasteiger partial charge < -0.3 is 14.8 Å². The highest BCUT2D eigenvalue weighted by Crippen LogP contribution is 2.30. The number of carbonyl (C=O) groups is 1. The lowest BCUT2D eigenvalue weighted by Crippen LogP contribution is -2.40. The molecule has 1 atom stereocenters. The van der Waals surface area contributed by atoms with Crippen LogP contribution in [0.25, 0.3) is 6.08 Å². The summed E-state index contributed by atoms with van der Waals surface area (Å²) in [6, 6.07) is 14.5. The minimum Gasteiger partial charge on any atom is -0.486 e. The summed E-state index contributed by atoms with van der Waals surface area (Å²) in [5, 5.41) is 2.80. The predicted molar refractivity (Wildman–Crippen MR) is 111 cm³/mol. The Morgan fingerprint density at radius 1 is 1.14 bits per heavy atom. The Morgan fingerprint density at radius 3 is 2.62 bits per heavy atom. The third-order valence-corrected chi connectivity index (χ3v) is 6.65. The van der Waals surface area contributed by atoms with Gasteiger partial charge in [-0.15, -0.1) is 0 Å². The highest BCUT2D eigenvalue weighted by Gasteiger charge is 2.28. The number of carbonyl (C=O) groups excluding carboxylic acids is 1. The molecule has 4 rings (SSSR count). The van der Waals surface area contributed by atoms with Crippen LogP contribution in [0.1, 0.15) is 12.0 Å². The molecule has 0 saturated carbocycles. The Hall–Kier alpha value is -3.00. The summed E-state index contributed by atoms with van der Waals surface area (Å²) < 4.78 is 36.8. The van der Waals surface area contributed by atoms with Gasteiger partial charge in [-0.2, -0.15) is 0 Å². The molecule has 2 heterocycles. The van der Waals surface area contributed by atoms with E-state index in [1.807, 2.05) is 24.3 Å². The molecule has 1 unspecified atom stereocenters. The van der Waals surface area contributed by atoms with Gasteiger partial charge in [0.1, 0.15) is 12.7 Å². The van der Waals surface area contributed by atoms with Crippen LogP contribution < -0.4 is 19.1 Å². The lowest BCUT2D eigenvalue weighted by molar-refractivity contribution is -0.116. The maximum atomic E-state index is 12.1. The van der Waals surface area contributed by atoms with Crippen molar-refractivity contribution in [2.45, 2.75) is 12.5 Å². The van der Waals surface area contributed by atoms with E-state index in [0.717, 1.165) is 5.56 Å². The van der Waals surface area contributed by atoms with Gasteiger partial charge in [0.15, 0.2) is 11.5 Å². The van der Waals surface area contributed by atoms with Crippen molar-refractivity contribution in [3.8, 4) is 11.5 Å². The summed E-state index contributed by atoms with van der Waals surface area (Å²) in [5.41, 5.74) is 1.46. The molecule has 0 spiro atoms. The van der Waals surface area contributed by atoms with Crippen molar-refractivity contribution in [2.75, 3.05) is 29.8 Å². The maximum absolute atomic E-state index is 12.1. The summed E-state index contributed by atoms with van der Waals surface area (Å²) in [4.78, 5) is 12.1. The molecule has 1 saturated heterocycles. The SMILES string of the molecule is O=C(C=Cc1ccc(N2CCCS2(=O)=O)cc1)NCC1COc2ccccc2O1. The number of nitrogens with one attached hydrogen (secondary N) is 1. The number of para-hydroxylation sites is 2. The summed E-state index contributed by atoms with van der Waals surface area (Å²) in [5.74, 6) is 1.34. The van der Waals surface area contributed by atoms with E-state index in [-0.39, 0.29) is 17.8 Å². The number of amides is 1. The van der Waals surface area contributed by atoms with Gasteiger partial charge in [0.2, 0.25) is 15.9 Å². The van der Waals surface area contributed by atoms with Crippen LogP contribution in [0.3, 0.4) is 0 Å². The third-order valence-electron chi connectivity index (χ3n) is 4.78. The molecule has 2 aliphatic heterocycles. The molecule has 29 heavy (non-hydrogen) atoms. The van der Waals surface area contributed by atoms with Crippen LogP contribution in [0, 0.1) is 0 Å². The smallest absolute Gasteiger partial charge is 0.244 e. The Balaban J connectivity index is 1.29. The molecule has 152 valence electrons. The fourth-order valence-electron chi connectivity index (χ4n) is 3.29. The quantitative estimate of drug-likeness (QED) is 0.759. The van der Waals surface area contributed by atoms with Crippen molar-refractivity contribution < 1.29 is 22.7 Å². The standard InChI is InChI=1S/C21H22N2O5S/c24-21(22-14-18-15-27-19-4-1-2-5-20(19)28-18)11-8-16-6-9-17(10-7-16)23-12-3-13-29(23,25)26/h1-2,4-11,18H,3,12-15H2,(H,22,24). The Bertz CT molecular complexity index is 1020. The fraction of sp³-hybridized carbons (Fsp3) is 0.286. The zero-order valence-electron chi connectivity index (χ0n) is 15.8. The van der Waals surface area contributed by atoms with E-state index in [1.54, 1.807) is 30.3 Å². The van der Waals surface area contributed by atoms with Gasteiger partial charge >= 0.3 is 0 Å². The summed E-state index contributed by atoms with van der Waals surface area (Å²) in [6.45, 7) is 1.22. The van der Waals surface area contributed by atoms with Crippen LogP contribution in [0.5, 0.6) is 11.5 Å². The van der Waals surface area contributed by atoms with Gasteiger partial charge in [0.25, 0.3) is 0 Å². The zero-order valence-corrected chi connectivity index (χ0v) is 16.6. The molecule has 8 heteroatoms. The van der Waals surface area contributed by atoms with E-state index in [4.69, 9.17) is 9.47 Å². The second-order valence-corrected chi connectivity index (χ2v) is 8.92. The fourth-order valence-corrected chi connectivity index (χ4v) is 4.85. The van der Waals surface area contributed by atoms with Gasteiger partial charge in [-0.25, -0.2) is 8.42 Å². The number of ether oxygens (including phenoxy) is 2. The normalized spacial score (nSPS) is 20.0. The van der Waals surface area contributed by atoms with E-state index < -0.39 is 10.0 Å². The molecule has 0 bridgehead atoms. The van der Waals surface area contributed by atoms with Crippen LogP contribution in [0.2, 0.25) is 0 Å². The highest BCUT2D eigenvalue weighted by atomic mass is 32.2. The Labute approximate surface area is 170 Å². The van der Waals surface area contributed by atoms with Crippen molar-refractivity contribution in [3.05, 3.63) is 60.2 Å². The number of anilines is 1. The first-order chi connectivity index (χ1) is 14.0. The van der Waals surface area contributed by atoms with Gasteiger partial charge in [0.05, 0.1) is 18.0 Å². The minimum atomic E-state index is -3.19. The average Bonchev–Trinajstić information content (AvgIpc) is 3.10. The second kappa shape index (κ2) is 8.16. The van der Waals surface area contributed by atoms with E-state index in [2.05, 4.69) is 5.32 Å². The molecule has 2 aromatic carbocycles.